The maximum atomic E-state index is 14.9. The first-order chi connectivity index (χ1) is 13.5. The Kier molecular flexibility index (Phi) is 5.32. The SMILES string of the molecule is Cc1c(CN(C(=O)CCl)c2cnc3c(n2)CCCC3)c(F)c(F)c2c1CCC2. The van der Waals surface area contributed by atoms with Crippen molar-refractivity contribution in [1.82, 2.24) is 9.97 Å². The number of fused-ring (bicyclic) bond motifs is 2. The van der Waals surface area contributed by atoms with Gasteiger partial charge in [0.05, 0.1) is 24.1 Å². The topological polar surface area (TPSA) is 46.1 Å². The van der Waals surface area contributed by atoms with Crippen LogP contribution in [-0.4, -0.2) is 21.8 Å². The Balaban J connectivity index is 1.75. The Labute approximate surface area is 167 Å². The summed E-state index contributed by atoms with van der Waals surface area (Å²) < 4.78 is 29.4. The standard InChI is InChI=1S/C21H22ClF2N3O/c1-12-13-5-4-6-14(13)20(23)21(24)15(12)11-27(19(28)9-22)18-10-25-16-7-2-3-8-17(16)26-18/h10H,2-9,11H2,1H3. The third kappa shape index (κ3) is 3.28. The zero-order chi connectivity index (χ0) is 19.8. The fourth-order valence-electron chi connectivity index (χ4n) is 4.29. The van der Waals surface area contributed by atoms with Gasteiger partial charge in [-0.2, -0.15) is 0 Å². The summed E-state index contributed by atoms with van der Waals surface area (Å²) in [5.74, 6) is -2.01. The van der Waals surface area contributed by atoms with E-state index >= 15 is 0 Å². The second-order valence-corrected chi connectivity index (χ2v) is 7.75. The van der Waals surface area contributed by atoms with Crippen LogP contribution < -0.4 is 4.90 Å². The highest BCUT2D eigenvalue weighted by atomic mass is 35.5. The number of hydrogen-bond acceptors (Lipinski definition) is 3. The van der Waals surface area contributed by atoms with E-state index in [9.17, 15) is 13.6 Å². The molecule has 0 saturated carbocycles. The van der Waals surface area contributed by atoms with E-state index in [1.165, 1.54) is 11.1 Å². The van der Waals surface area contributed by atoms with E-state index in [0.717, 1.165) is 55.5 Å². The van der Waals surface area contributed by atoms with Crippen LogP contribution in [0.4, 0.5) is 14.6 Å². The number of carbonyl (C=O) groups is 1. The Morgan fingerprint density at radius 1 is 1.07 bits per heavy atom. The molecule has 0 unspecified atom stereocenters. The quantitative estimate of drug-likeness (QED) is 0.716. The molecular formula is C21H22ClF2N3O. The Hall–Kier alpha value is -2.08. The minimum atomic E-state index is -0.878. The fraction of sp³-hybridized carbons (Fsp3) is 0.476. The number of alkyl halides is 1. The fourth-order valence-corrected chi connectivity index (χ4v) is 4.44. The number of amides is 1. The van der Waals surface area contributed by atoms with Gasteiger partial charge in [-0.1, -0.05) is 0 Å². The molecule has 148 valence electrons. The van der Waals surface area contributed by atoms with E-state index in [1.807, 2.05) is 0 Å². The molecule has 0 bridgehead atoms. The lowest BCUT2D eigenvalue weighted by Crippen LogP contribution is -2.33. The Morgan fingerprint density at radius 2 is 1.79 bits per heavy atom. The van der Waals surface area contributed by atoms with Gasteiger partial charge in [0.25, 0.3) is 0 Å². The van der Waals surface area contributed by atoms with Crippen LogP contribution in [-0.2, 0) is 37.0 Å². The highest BCUT2D eigenvalue weighted by molar-refractivity contribution is 6.29. The minimum Gasteiger partial charge on any atom is -0.290 e. The van der Waals surface area contributed by atoms with Gasteiger partial charge in [-0.25, -0.2) is 13.8 Å². The molecule has 1 aromatic carbocycles. The molecule has 0 N–H and O–H groups in total. The van der Waals surface area contributed by atoms with Crippen molar-refractivity contribution in [2.24, 2.45) is 0 Å². The number of nitrogens with zero attached hydrogens (tertiary/aromatic N) is 3. The molecule has 0 saturated heterocycles. The van der Waals surface area contributed by atoms with Gasteiger partial charge in [-0.05, 0) is 68.6 Å². The van der Waals surface area contributed by atoms with Crippen molar-refractivity contribution in [3.05, 3.63) is 51.5 Å². The van der Waals surface area contributed by atoms with Crippen molar-refractivity contribution in [2.75, 3.05) is 10.8 Å². The van der Waals surface area contributed by atoms with Gasteiger partial charge in [0.1, 0.15) is 5.88 Å². The highest BCUT2D eigenvalue weighted by Gasteiger charge is 2.28. The molecule has 1 heterocycles. The number of rotatable bonds is 4. The molecule has 2 aliphatic rings. The molecule has 2 aliphatic carbocycles. The average Bonchev–Trinajstić information content (AvgIpc) is 3.22. The molecule has 7 heteroatoms. The Morgan fingerprint density at radius 3 is 2.54 bits per heavy atom. The van der Waals surface area contributed by atoms with Crippen molar-refractivity contribution >= 4 is 23.3 Å². The maximum absolute atomic E-state index is 14.9. The maximum Gasteiger partial charge on any atom is 0.243 e. The van der Waals surface area contributed by atoms with Crippen molar-refractivity contribution in [3.8, 4) is 0 Å². The number of hydrogen-bond donors (Lipinski definition) is 0. The van der Waals surface area contributed by atoms with Crippen LogP contribution in [0.5, 0.6) is 0 Å². The summed E-state index contributed by atoms with van der Waals surface area (Å²) in [5.41, 5.74) is 4.06. The van der Waals surface area contributed by atoms with Gasteiger partial charge in [0.2, 0.25) is 5.91 Å². The van der Waals surface area contributed by atoms with E-state index in [2.05, 4.69) is 9.97 Å². The smallest absolute Gasteiger partial charge is 0.243 e. The second kappa shape index (κ2) is 7.74. The van der Waals surface area contributed by atoms with Crippen LogP contribution in [0, 0.1) is 18.6 Å². The zero-order valence-electron chi connectivity index (χ0n) is 15.8. The molecule has 0 spiro atoms. The summed E-state index contributed by atoms with van der Waals surface area (Å²) in [6.45, 7) is 1.69. The molecule has 1 amide bonds. The van der Waals surface area contributed by atoms with Crippen molar-refractivity contribution < 1.29 is 13.6 Å². The van der Waals surface area contributed by atoms with Crippen LogP contribution in [0.15, 0.2) is 6.20 Å². The summed E-state index contributed by atoms with van der Waals surface area (Å²) in [7, 11) is 0. The van der Waals surface area contributed by atoms with E-state index < -0.39 is 17.5 Å². The summed E-state index contributed by atoms with van der Waals surface area (Å²) in [5, 5.41) is 0. The molecule has 0 aliphatic heterocycles. The minimum absolute atomic E-state index is 0.110. The molecule has 4 nitrogen and oxygen atoms in total. The van der Waals surface area contributed by atoms with Crippen LogP contribution in [0.25, 0.3) is 0 Å². The van der Waals surface area contributed by atoms with Gasteiger partial charge in [0.15, 0.2) is 17.5 Å². The number of aryl methyl sites for hydroxylation is 2. The van der Waals surface area contributed by atoms with Gasteiger partial charge in [-0.15, -0.1) is 11.6 Å². The molecule has 4 rings (SSSR count). The van der Waals surface area contributed by atoms with Gasteiger partial charge in [-0.3, -0.25) is 14.7 Å². The molecule has 1 aromatic heterocycles. The number of carbonyl (C=O) groups excluding carboxylic acids is 1. The zero-order valence-corrected chi connectivity index (χ0v) is 16.6. The van der Waals surface area contributed by atoms with Gasteiger partial charge >= 0.3 is 0 Å². The number of aromatic nitrogens is 2. The van der Waals surface area contributed by atoms with Crippen LogP contribution in [0.2, 0.25) is 0 Å². The first kappa shape index (κ1) is 19.2. The summed E-state index contributed by atoms with van der Waals surface area (Å²) in [6, 6.07) is 0. The third-order valence-corrected chi connectivity index (χ3v) is 6.08. The molecule has 28 heavy (non-hydrogen) atoms. The van der Waals surface area contributed by atoms with E-state index in [1.54, 1.807) is 6.92 Å². The summed E-state index contributed by atoms with van der Waals surface area (Å²) in [4.78, 5) is 22.9. The first-order valence-electron chi connectivity index (χ1n) is 9.70. The molecule has 2 aromatic rings. The predicted molar refractivity (Wildman–Crippen MR) is 104 cm³/mol. The van der Waals surface area contributed by atoms with Crippen molar-refractivity contribution in [2.45, 2.75) is 58.4 Å². The normalized spacial score (nSPS) is 15.3. The van der Waals surface area contributed by atoms with E-state index in [-0.39, 0.29) is 18.0 Å². The third-order valence-electron chi connectivity index (χ3n) is 5.85. The molecule has 0 atom stereocenters. The van der Waals surface area contributed by atoms with Crippen LogP contribution >= 0.6 is 11.6 Å². The lowest BCUT2D eigenvalue weighted by Gasteiger charge is -2.25. The summed E-state index contributed by atoms with van der Waals surface area (Å²) >= 11 is 5.80. The molecular weight excluding hydrogens is 384 g/mol. The van der Waals surface area contributed by atoms with E-state index in [0.29, 0.717) is 23.4 Å². The lowest BCUT2D eigenvalue weighted by molar-refractivity contribution is -0.116. The monoisotopic (exact) mass is 405 g/mol. The van der Waals surface area contributed by atoms with E-state index in [4.69, 9.17) is 11.6 Å². The number of halogens is 3. The largest absolute Gasteiger partial charge is 0.290 e. The Bertz CT molecular complexity index is 948. The van der Waals surface area contributed by atoms with Crippen molar-refractivity contribution in [1.29, 1.82) is 0 Å². The second-order valence-electron chi connectivity index (χ2n) is 7.48. The van der Waals surface area contributed by atoms with Gasteiger partial charge in [0, 0.05) is 5.56 Å². The van der Waals surface area contributed by atoms with Gasteiger partial charge < -0.3 is 0 Å². The average molecular weight is 406 g/mol. The summed E-state index contributed by atoms with van der Waals surface area (Å²) in [6.07, 6.45) is 7.41. The van der Waals surface area contributed by atoms with Crippen molar-refractivity contribution in [3.63, 3.8) is 0 Å². The molecule has 0 radical (unpaired) electrons. The molecule has 0 fully saturated rings. The van der Waals surface area contributed by atoms with Crippen LogP contribution in [0.3, 0.4) is 0 Å². The van der Waals surface area contributed by atoms with Crippen LogP contribution in [0.1, 0.15) is 52.9 Å². The predicted octanol–water partition coefficient (Wildman–Crippen LogP) is 4.20. The lowest BCUT2D eigenvalue weighted by atomic mass is 9.97. The number of benzene rings is 1. The number of anilines is 1. The highest BCUT2D eigenvalue weighted by Crippen LogP contribution is 2.33. The first-order valence-corrected chi connectivity index (χ1v) is 10.2.